The summed E-state index contributed by atoms with van der Waals surface area (Å²) in [7, 11) is 0. The summed E-state index contributed by atoms with van der Waals surface area (Å²) >= 11 is 6.09. The lowest BCUT2D eigenvalue weighted by Crippen LogP contribution is -2.61. The predicted molar refractivity (Wildman–Crippen MR) is 152 cm³/mol. The first-order valence-corrected chi connectivity index (χ1v) is 13.2. The molecule has 0 spiro atoms. The Morgan fingerprint density at radius 1 is 1.05 bits per heavy atom. The van der Waals surface area contributed by atoms with Gasteiger partial charge in [-0.15, -0.1) is 0 Å². The molecule has 1 saturated heterocycles. The lowest BCUT2D eigenvalue weighted by molar-refractivity contribution is 0.0484. The van der Waals surface area contributed by atoms with Crippen molar-refractivity contribution < 1.29 is 19.1 Å². The summed E-state index contributed by atoms with van der Waals surface area (Å²) in [5, 5.41) is 9.99. The van der Waals surface area contributed by atoms with E-state index in [2.05, 4.69) is 30.7 Å². The molecule has 1 N–H and O–H groups in total. The molecular formula is C30H31ClN4O4. The Bertz CT molecular complexity index is 1570. The van der Waals surface area contributed by atoms with E-state index in [-0.39, 0.29) is 22.6 Å². The standard InChI is InChI=1S/C30H31ClN4O4/c1-29(2,3)22-13-23(18-6-8-20(31)9-7-18)33-24-14-25(39-26(22)24)27(36)35-11-10-34(17-30(35,4)5)21-12-19(28(37)38)15-32-16-21/h6-9,12-16H,10-11,17H2,1-5H3,(H,37,38). The van der Waals surface area contributed by atoms with Crippen LogP contribution < -0.4 is 4.90 Å². The highest BCUT2D eigenvalue weighted by atomic mass is 35.5. The molecule has 0 radical (unpaired) electrons. The van der Waals surface area contributed by atoms with Crippen LogP contribution in [0.5, 0.6) is 0 Å². The van der Waals surface area contributed by atoms with Crippen molar-refractivity contribution in [3.05, 3.63) is 76.8 Å². The first-order chi connectivity index (χ1) is 18.3. The van der Waals surface area contributed by atoms with E-state index < -0.39 is 11.5 Å². The minimum absolute atomic E-state index is 0.131. The highest BCUT2D eigenvalue weighted by molar-refractivity contribution is 6.30. The number of piperazine rings is 1. The first-order valence-electron chi connectivity index (χ1n) is 12.8. The molecule has 1 amide bonds. The molecule has 1 aliphatic rings. The average molecular weight is 547 g/mol. The average Bonchev–Trinajstić information content (AvgIpc) is 3.31. The molecule has 0 unspecified atom stereocenters. The molecule has 5 rings (SSSR count). The monoisotopic (exact) mass is 546 g/mol. The molecule has 1 aromatic carbocycles. The minimum atomic E-state index is -1.02. The third-order valence-electron chi connectivity index (χ3n) is 7.12. The van der Waals surface area contributed by atoms with E-state index in [1.165, 1.54) is 6.20 Å². The predicted octanol–water partition coefficient (Wildman–Crippen LogP) is 6.28. The molecule has 0 bridgehead atoms. The number of aromatic carboxylic acids is 1. The molecule has 1 aliphatic heterocycles. The van der Waals surface area contributed by atoms with Crippen molar-refractivity contribution in [2.24, 2.45) is 0 Å². The number of aromatic nitrogens is 2. The summed E-state index contributed by atoms with van der Waals surface area (Å²) in [4.78, 5) is 38.0. The van der Waals surface area contributed by atoms with Crippen LogP contribution in [0.15, 0.2) is 59.3 Å². The van der Waals surface area contributed by atoms with Crippen LogP contribution in [-0.4, -0.2) is 57.0 Å². The van der Waals surface area contributed by atoms with E-state index in [0.29, 0.717) is 41.4 Å². The molecule has 4 aromatic rings. The van der Waals surface area contributed by atoms with E-state index >= 15 is 0 Å². The van der Waals surface area contributed by atoms with E-state index in [4.69, 9.17) is 21.0 Å². The third kappa shape index (κ3) is 5.21. The number of carbonyl (C=O) groups excluding carboxylic acids is 1. The number of anilines is 1. The number of fused-ring (bicyclic) bond motifs is 1. The van der Waals surface area contributed by atoms with E-state index in [1.807, 2.05) is 49.1 Å². The smallest absolute Gasteiger partial charge is 0.337 e. The summed E-state index contributed by atoms with van der Waals surface area (Å²) in [6, 6.07) is 12.9. The maximum Gasteiger partial charge on any atom is 0.337 e. The summed E-state index contributed by atoms with van der Waals surface area (Å²) < 4.78 is 6.23. The van der Waals surface area contributed by atoms with E-state index in [1.54, 1.807) is 18.3 Å². The summed E-state index contributed by atoms with van der Waals surface area (Å²) in [5.41, 5.74) is 3.96. The van der Waals surface area contributed by atoms with Crippen LogP contribution in [0.4, 0.5) is 5.69 Å². The topological polar surface area (TPSA) is 99.8 Å². The van der Waals surface area contributed by atoms with Crippen LogP contribution in [-0.2, 0) is 5.41 Å². The molecule has 8 nitrogen and oxygen atoms in total. The van der Waals surface area contributed by atoms with Crippen LogP contribution in [0.3, 0.4) is 0 Å². The van der Waals surface area contributed by atoms with Crippen molar-refractivity contribution in [1.29, 1.82) is 0 Å². The number of nitrogens with zero attached hydrogens (tertiary/aromatic N) is 4. The second-order valence-corrected chi connectivity index (χ2v) is 12.0. The van der Waals surface area contributed by atoms with Gasteiger partial charge >= 0.3 is 5.97 Å². The fourth-order valence-corrected chi connectivity index (χ4v) is 5.18. The lowest BCUT2D eigenvalue weighted by atomic mass is 9.86. The number of halogens is 1. The maximum absolute atomic E-state index is 13.8. The van der Waals surface area contributed by atoms with Gasteiger partial charge in [0.1, 0.15) is 5.52 Å². The normalized spacial score (nSPS) is 15.5. The fraction of sp³-hybridized carbons (Fsp3) is 0.333. The zero-order valence-corrected chi connectivity index (χ0v) is 23.4. The Morgan fingerprint density at radius 2 is 1.77 bits per heavy atom. The number of carbonyl (C=O) groups is 2. The number of carboxylic acids is 1. The van der Waals surface area contributed by atoms with Gasteiger partial charge in [0, 0.05) is 48.0 Å². The highest BCUT2D eigenvalue weighted by Crippen LogP contribution is 2.36. The van der Waals surface area contributed by atoms with Crippen molar-refractivity contribution in [3.63, 3.8) is 0 Å². The van der Waals surface area contributed by atoms with Crippen LogP contribution in [0.1, 0.15) is 61.1 Å². The largest absolute Gasteiger partial charge is 0.478 e. The number of hydrogen-bond acceptors (Lipinski definition) is 6. The van der Waals surface area contributed by atoms with Gasteiger partial charge < -0.3 is 19.3 Å². The van der Waals surface area contributed by atoms with Gasteiger partial charge in [-0.05, 0) is 43.5 Å². The van der Waals surface area contributed by atoms with Gasteiger partial charge in [-0.2, -0.15) is 0 Å². The summed E-state index contributed by atoms with van der Waals surface area (Å²) in [6.07, 6.45) is 2.98. The number of amides is 1. The number of benzene rings is 1. The Hall–Kier alpha value is -3.91. The molecule has 39 heavy (non-hydrogen) atoms. The maximum atomic E-state index is 13.8. The van der Waals surface area contributed by atoms with Gasteiger partial charge in [-0.1, -0.05) is 44.5 Å². The Morgan fingerprint density at radius 3 is 2.41 bits per heavy atom. The Labute approximate surface area is 232 Å². The molecule has 9 heteroatoms. The minimum Gasteiger partial charge on any atom is -0.478 e. The number of carboxylic acid groups (broad SMARTS) is 1. The number of furan rings is 1. The fourth-order valence-electron chi connectivity index (χ4n) is 5.06. The third-order valence-corrected chi connectivity index (χ3v) is 7.37. The molecule has 1 fully saturated rings. The zero-order chi connectivity index (χ0) is 28.1. The second-order valence-electron chi connectivity index (χ2n) is 11.6. The van der Waals surface area contributed by atoms with E-state index in [0.717, 1.165) is 16.8 Å². The van der Waals surface area contributed by atoms with Gasteiger partial charge in [0.15, 0.2) is 11.3 Å². The highest BCUT2D eigenvalue weighted by Gasteiger charge is 2.39. The quantitative estimate of drug-likeness (QED) is 0.321. The van der Waals surface area contributed by atoms with Gasteiger partial charge in [0.2, 0.25) is 0 Å². The Balaban J connectivity index is 1.47. The van der Waals surface area contributed by atoms with Gasteiger partial charge in [0.25, 0.3) is 5.91 Å². The molecule has 0 atom stereocenters. The van der Waals surface area contributed by atoms with Crippen LogP contribution in [0, 0.1) is 0 Å². The second kappa shape index (κ2) is 9.68. The van der Waals surface area contributed by atoms with Crippen molar-refractivity contribution in [3.8, 4) is 11.3 Å². The first kappa shape index (κ1) is 26.7. The number of hydrogen-bond donors (Lipinski definition) is 1. The molecular weight excluding hydrogens is 516 g/mol. The molecule has 4 heterocycles. The molecule has 0 saturated carbocycles. The van der Waals surface area contributed by atoms with Gasteiger partial charge in [-0.25, -0.2) is 9.78 Å². The van der Waals surface area contributed by atoms with Crippen molar-refractivity contribution in [1.82, 2.24) is 14.9 Å². The van der Waals surface area contributed by atoms with Crippen LogP contribution in [0.25, 0.3) is 22.4 Å². The molecule has 0 aliphatic carbocycles. The van der Waals surface area contributed by atoms with Crippen molar-refractivity contribution in [2.75, 3.05) is 24.5 Å². The van der Waals surface area contributed by atoms with Crippen molar-refractivity contribution in [2.45, 2.75) is 45.6 Å². The summed E-state index contributed by atoms with van der Waals surface area (Å²) in [6.45, 7) is 11.8. The zero-order valence-electron chi connectivity index (χ0n) is 22.7. The van der Waals surface area contributed by atoms with Crippen LogP contribution >= 0.6 is 11.6 Å². The lowest BCUT2D eigenvalue weighted by Gasteiger charge is -2.47. The van der Waals surface area contributed by atoms with Gasteiger partial charge in [-0.3, -0.25) is 9.78 Å². The number of rotatable bonds is 4. The van der Waals surface area contributed by atoms with Crippen LogP contribution in [0.2, 0.25) is 5.02 Å². The summed E-state index contributed by atoms with van der Waals surface area (Å²) in [5.74, 6) is -0.986. The Kier molecular flexibility index (Phi) is 6.63. The van der Waals surface area contributed by atoms with Gasteiger partial charge in [0.05, 0.1) is 28.7 Å². The van der Waals surface area contributed by atoms with Crippen molar-refractivity contribution >= 4 is 40.3 Å². The SMILES string of the molecule is CC(C)(C)c1cc(-c2ccc(Cl)cc2)nc2cc(C(=O)N3CCN(c4cncc(C(=O)O)c4)CC3(C)C)oc12. The van der Waals surface area contributed by atoms with E-state index in [9.17, 15) is 14.7 Å². The number of pyridine rings is 2. The molecule has 3 aromatic heterocycles. The molecule has 202 valence electrons.